The first kappa shape index (κ1) is 17.7. The fourth-order valence-electron chi connectivity index (χ4n) is 1.72. The minimum absolute atomic E-state index is 0.107. The number of nitrogens with one attached hydrogen (secondary N) is 2. The van der Waals surface area contributed by atoms with Gasteiger partial charge in [-0.1, -0.05) is 15.9 Å². The van der Waals surface area contributed by atoms with Gasteiger partial charge in [-0.2, -0.15) is 0 Å². The molecular weight excluding hydrogens is 336 g/mol. The minimum Gasteiger partial charge on any atom is -0.496 e. The maximum absolute atomic E-state index is 12.2. The van der Waals surface area contributed by atoms with Gasteiger partial charge in [0.25, 0.3) is 0 Å². The molecule has 1 rings (SSSR count). The Balaban J connectivity index is 2.54. The van der Waals surface area contributed by atoms with Gasteiger partial charge in [-0.25, -0.2) is 0 Å². The molecule has 1 aromatic rings. The fourth-order valence-corrected chi connectivity index (χ4v) is 2.08. The number of amides is 1. The molecule has 0 heterocycles. The average Bonchev–Trinajstić information content (AvgIpc) is 2.49. The van der Waals surface area contributed by atoms with E-state index in [1.54, 1.807) is 12.1 Å². The molecule has 0 aliphatic heterocycles. The van der Waals surface area contributed by atoms with Crippen molar-refractivity contribution >= 4 is 27.6 Å². The van der Waals surface area contributed by atoms with Crippen molar-refractivity contribution in [3.05, 3.63) is 28.2 Å². The Kier molecular flexibility index (Phi) is 7.39. The normalized spacial score (nSPS) is 11.8. The standard InChI is InChI=1S/C15H21BrN2O3/c1-10(17-2)9-18-15(20)7-5-13(19)12-8-11(16)4-6-14(12)21-3/h4,6,8,10,17H,5,7,9H2,1-3H3,(H,18,20). The summed E-state index contributed by atoms with van der Waals surface area (Å²) in [5.41, 5.74) is 0.489. The Bertz CT molecular complexity index is 506. The van der Waals surface area contributed by atoms with Gasteiger partial charge >= 0.3 is 0 Å². The molecule has 2 N–H and O–H groups in total. The van der Waals surface area contributed by atoms with Crippen LogP contribution in [0.1, 0.15) is 30.1 Å². The van der Waals surface area contributed by atoms with E-state index in [4.69, 9.17) is 4.74 Å². The van der Waals surface area contributed by atoms with Crippen LogP contribution in [0.2, 0.25) is 0 Å². The summed E-state index contributed by atoms with van der Waals surface area (Å²) in [6, 6.07) is 5.45. The number of hydrogen-bond acceptors (Lipinski definition) is 4. The number of halogens is 1. The molecule has 1 unspecified atom stereocenters. The van der Waals surface area contributed by atoms with Crippen molar-refractivity contribution in [1.29, 1.82) is 0 Å². The summed E-state index contributed by atoms with van der Waals surface area (Å²) in [7, 11) is 3.35. The molecular formula is C15H21BrN2O3. The molecule has 0 aliphatic rings. The second-order valence-corrected chi connectivity index (χ2v) is 5.68. The Labute approximate surface area is 133 Å². The van der Waals surface area contributed by atoms with Crippen LogP contribution in [0.4, 0.5) is 0 Å². The molecule has 1 amide bonds. The third kappa shape index (κ3) is 5.85. The summed E-state index contributed by atoms with van der Waals surface area (Å²) in [6.45, 7) is 2.52. The van der Waals surface area contributed by atoms with Gasteiger partial charge in [0.2, 0.25) is 5.91 Å². The average molecular weight is 357 g/mol. The first-order valence-corrected chi connectivity index (χ1v) is 7.58. The molecule has 0 spiro atoms. The van der Waals surface area contributed by atoms with Crippen LogP contribution in [0.5, 0.6) is 5.75 Å². The van der Waals surface area contributed by atoms with E-state index < -0.39 is 0 Å². The number of hydrogen-bond donors (Lipinski definition) is 2. The molecule has 116 valence electrons. The van der Waals surface area contributed by atoms with Crippen LogP contribution in [0.3, 0.4) is 0 Å². The van der Waals surface area contributed by atoms with Crippen LogP contribution in [0.15, 0.2) is 22.7 Å². The Morgan fingerprint density at radius 1 is 1.33 bits per heavy atom. The highest BCUT2D eigenvalue weighted by molar-refractivity contribution is 9.10. The second kappa shape index (κ2) is 8.79. The van der Waals surface area contributed by atoms with E-state index in [-0.39, 0.29) is 30.6 Å². The summed E-state index contributed by atoms with van der Waals surface area (Å²) in [6.07, 6.45) is 0.331. The number of benzene rings is 1. The number of rotatable bonds is 8. The zero-order chi connectivity index (χ0) is 15.8. The molecule has 0 fully saturated rings. The highest BCUT2D eigenvalue weighted by Gasteiger charge is 2.14. The number of likely N-dealkylation sites (N-methyl/N-ethyl adjacent to an activating group) is 1. The zero-order valence-electron chi connectivity index (χ0n) is 12.5. The molecule has 0 aromatic heterocycles. The van der Waals surface area contributed by atoms with Gasteiger partial charge < -0.3 is 15.4 Å². The summed E-state index contributed by atoms with van der Waals surface area (Å²) in [4.78, 5) is 23.9. The third-order valence-electron chi connectivity index (χ3n) is 3.14. The summed E-state index contributed by atoms with van der Waals surface area (Å²) in [5, 5.41) is 5.81. The molecule has 1 atom stereocenters. The largest absolute Gasteiger partial charge is 0.496 e. The zero-order valence-corrected chi connectivity index (χ0v) is 14.1. The van der Waals surface area contributed by atoms with Gasteiger partial charge in [0.1, 0.15) is 5.75 Å². The summed E-state index contributed by atoms with van der Waals surface area (Å²) >= 11 is 3.33. The van der Waals surface area contributed by atoms with Crippen LogP contribution in [0, 0.1) is 0 Å². The Morgan fingerprint density at radius 2 is 2.05 bits per heavy atom. The van der Waals surface area contributed by atoms with E-state index in [1.807, 2.05) is 20.0 Å². The van der Waals surface area contributed by atoms with E-state index in [2.05, 4.69) is 26.6 Å². The number of ether oxygens (including phenoxy) is 1. The van der Waals surface area contributed by atoms with Crippen molar-refractivity contribution in [3.63, 3.8) is 0 Å². The van der Waals surface area contributed by atoms with Crippen LogP contribution in [-0.2, 0) is 4.79 Å². The van der Waals surface area contributed by atoms with Crippen molar-refractivity contribution in [2.75, 3.05) is 20.7 Å². The van der Waals surface area contributed by atoms with E-state index in [0.717, 1.165) is 4.47 Å². The minimum atomic E-state index is -0.126. The van der Waals surface area contributed by atoms with E-state index in [9.17, 15) is 9.59 Å². The molecule has 5 nitrogen and oxygen atoms in total. The summed E-state index contributed by atoms with van der Waals surface area (Å²) in [5.74, 6) is 0.289. The number of Topliss-reactive ketones (excluding diaryl/α,β-unsaturated/α-hetero) is 1. The molecule has 0 saturated heterocycles. The van der Waals surface area contributed by atoms with Gasteiger partial charge in [0.15, 0.2) is 5.78 Å². The molecule has 0 saturated carbocycles. The van der Waals surface area contributed by atoms with Crippen molar-refractivity contribution < 1.29 is 14.3 Å². The predicted molar refractivity (Wildman–Crippen MR) is 85.8 cm³/mol. The SMILES string of the molecule is CNC(C)CNC(=O)CCC(=O)c1cc(Br)ccc1OC. The quantitative estimate of drug-likeness (QED) is 0.700. The van der Waals surface area contributed by atoms with E-state index in [0.29, 0.717) is 17.9 Å². The smallest absolute Gasteiger partial charge is 0.220 e. The topological polar surface area (TPSA) is 67.4 Å². The second-order valence-electron chi connectivity index (χ2n) is 4.76. The molecule has 0 aliphatic carbocycles. The van der Waals surface area contributed by atoms with Crippen molar-refractivity contribution in [2.45, 2.75) is 25.8 Å². The molecule has 0 bridgehead atoms. The van der Waals surface area contributed by atoms with Gasteiger partial charge in [-0.15, -0.1) is 0 Å². The fraction of sp³-hybridized carbons (Fsp3) is 0.467. The van der Waals surface area contributed by atoms with Gasteiger partial charge in [-0.05, 0) is 32.2 Å². The lowest BCUT2D eigenvalue weighted by atomic mass is 10.1. The van der Waals surface area contributed by atoms with Crippen LogP contribution < -0.4 is 15.4 Å². The van der Waals surface area contributed by atoms with Crippen LogP contribution in [-0.4, -0.2) is 38.4 Å². The first-order valence-electron chi connectivity index (χ1n) is 6.78. The first-order chi connectivity index (χ1) is 9.97. The highest BCUT2D eigenvalue weighted by atomic mass is 79.9. The van der Waals surface area contributed by atoms with Crippen LogP contribution >= 0.6 is 15.9 Å². The molecule has 0 radical (unpaired) electrons. The lowest BCUT2D eigenvalue weighted by molar-refractivity contribution is -0.121. The number of carbonyl (C=O) groups excluding carboxylic acids is 2. The molecule has 21 heavy (non-hydrogen) atoms. The lowest BCUT2D eigenvalue weighted by Crippen LogP contribution is -2.37. The molecule has 6 heteroatoms. The summed E-state index contributed by atoms with van der Waals surface area (Å²) < 4.78 is 5.98. The maximum atomic E-state index is 12.2. The van der Waals surface area contributed by atoms with Gasteiger partial charge in [0, 0.05) is 29.9 Å². The highest BCUT2D eigenvalue weighted by Crippen LogP contribution is 2.24. The maximum Gasteiger partial charge on any atom is 0.220 e. The Morgan fingerprint density at radius 3 is 2.67 bits per heavy atom. The predicted octanol–water partition coefficient (Wildman–Crippen LogP) is 2.14. The monoisotopic (exact) mass is 356 g/mol. The van der Waals surface area contributed by atoms with E-state index >= 15 is 0 Å². The van der Waals surface area contributed by atoms with Crippen molar-refractivity contribution in [3.8, 4) is 5.75 Å². The van der Waals surface area contributed by atoms with Gasteiger partial charge in [0.05, 0.1) is 12.7 Å². The lowest BCUT2D eigenvalue weighted by Gasteiger charge is -2.11. The van der Waals surface area contributed by atoms with E-state index in [1.165, 1.54) is 7.11 Å². The van der Waals surface area contributed by atoms with Crippen molar-refractivity contribution in [1.82, 2.24) is 10.6 Å². The number of methoxy groups -OCH3 is 1. The van der Waals surface area contributed by atoms with Crippen molar-refractivity contribution in [2.24, 2.45) is 0 Å². The third-order valence-corrected chi connectivity index (χ3v) is 3.63. The Hall–Kier alpha value is -1.40. The number of carbonyl (C=O) groups is 2. The van der Waals surface area contributed by atoms with Crippen LogP contribution in [0.25, 0.3) is 0 Å². The number of ketones is 1. The van der Waals surface area contributed by atoms with Gasteiger partial charge in [-0.3, -0.25) is 9.59 Å². The molecule has 1 aromatic carbocycles.